The van der Waals surface area contributed by atoms with Gasteiger partial charge in [0.2, 0.25) is 0 Å². The minimum absolute atomic E-state index is 0.0812. The molecule has 1 aliphatic carbocycles. The van der Waals surface area contributed by atoms with E-state index >= 15 is 0 Å². The summed E-state index contributed by atoms with van der Waals surface area (Å²) in [7, 11) is 0. The number of rotatable bonds is 9. The Labute approximate surface area is 245 Å². The number of nitrogens with zero attached hydrogens (tertiary/aromatic N) is 1. The fraction of sp³-hybridized carbons (Fsp3) is 0.394. The molecule has 42 heavy (non-hydrogen) atoms. The summed E-state index contributed by atoms with van der Waals surface area (Å²) in [6.45, 7) is 9.23. The molecule has 0 radical (unpaired) electrons. The second-order valence-corrected chi connectivity index (χ2v) is 10.6. The molecule has 6 nitrogen and oxygen atoms in total. The van der Waals surface area contributed by atoms with Crippen LogP contribution < -0.4 is 4.74 Å². The van der Waals surface area contributed by atoms with Gasteiger partial charge in [-0.3, -0.25) is 4.90 Å². The van der Waals surface area contributed by atoms with E-state index in [4.69, 9.17) is 15.3 Å². The number of hydrogen-bond donors (Lipinski definition) is 3. The molecule has 0 amide bonds. The van der Waals surface area contributed by atoms with Gasteiger partial charge in [-0.1, -0.05) is 32.0 Å². The van der Waals surface area contributed by atoms with Crippen molar-refractivity contribution in [1.29, 1.82) is 5.41 Å². The lowest BCUT2D eigenvalue weighted by molar-refractivity contribution is -0.0170. The Morgan fingerprint density at radius 1 is 1.05 bits per heavy atom. The molecule has 2 aliphatic rings. The zero-order chi connectivity index (χ0) is 31.0. The SMILES string of the molecule is CC.CC(C)Oc1ccc(C2=CC(F)C=C(F)C(F)=C2)c(CN2CCC(O)(CC(=N)c3ccc(C(=O)O)cc3)CC2)c1. The molecule has 0 bridgehead atoms. The van der Waals surface area contributed by atoms with E-state index in [0.29, 0.717) is 55.4 Å². The van der Waals surface area contributed by atoms with Gasteiger partial charge in [-0.2, -0.15) is 0 Å². The maximum atomic E-state index is 14.3. The van der Waals surface area contributed by atoms with Gasteiger partial charge in [0.15, 0.2) is 11.7 Å². The first-order chi connectivity index (χ1) is 19.9. The van der Waals surface area contributed by atoms with Gasteiger partial charge < -0.3 is 20.4 Å². The summed E-state index contributed by atoms with van der Waals surface area (Å²) in [6, 6.07) is 11.3. The van der Waals surface area contributed by atoms with Crippen molar-refractivity contribution < 1.29 is 32.9 Å². The molecule has 0 saturated carbocycles. The number of carbonyl (C=O) groups is 1. The highest BCUT2D eigenvalue weighted by molar-refractivity contribution is 5.99. The van der Waals surface area contributed by atoms with Crippen LogP contribution in [0.5, 0.6) is 5.75 Å². The maximum Gasteiger partial charge on any atom is 0.335 e. The number of hydrogen-bond acceptors (Lipinski definition) is 5. The lowest BCUT2D eigenvalue weighted by Gasteiger charge is -2.38. The number of nitrogens with one attached hydrogen (secondary N) is 1. The molecule has 0 aromatic heterocycles. The molecule has 0 spiro atoms. The molecule has 2 aromatic rings. The third kappa shape index (κ3) is 8.66. The van der Waals surface area contributed by atoms with Crippen LogP contribution in [-0.4, -0.2) is 57.8 Å². The Hall–Kier alpha value is -3.69. The van der Waals surface area contributed by atoms with E-state index in [1.807, 2.05) is 33.8 Å². The number of piperidine rings is 1. The van der Waals surface area contributed by atoms with Crippen LogP contribution in [0.4, 0.5) is 13.2 Å². The van der Waals surface area contributed by atoms with Gasteiger partial charge in [0.25, 0.3) is 0 Å². The Morgan fingerprint density at radius 3 is 2.26 bits per heavy atom. The summed E-state index contributed by atoms with van der Waals surface area (Å²) in [5.41, 5.74) is 1.36. The fourth-order valence-electron chi connectivity index (χ4n) is 4.98. The first-order valence-electron chi connectivity index (χ1n) is 14.2. The van der Waals surface area contributed by atoms with Gasteiger partial charge in [-0.05, 0) is 91.4 Å². The molecule has 4 rings (SSSR count). The zero-order valence-electron chi connectivity index (χ0n) is 24.5. The van der Waals surface area contributed by atoms with E-state index < -0.39 is 29.4 Å². The summed E-state index contributed by atoms with van der Waals surface area (Å²) in [5.74, 6) is -2.82. The van der Waals surface area contributed by atoms with Crippen LogP contribution in [0, 0.1) is 5.41 Å². The smallest absolute Gasteiger partial charge is 0.335 e. The van der Waals surface area contributed by atoms with Crippen LogP contribution in [0.2, 0.25) is 0 Å². The number of likely N-dealkylation sites (tertiary alicyclic amines) is 1. The van der Waals surface area contributed by atoms with Crippen LogP contribution in [0.3, 0.4) is 0 Å². The van der Waals surface area contributed by atoms with Crippen molar-refractivity contribution in [3.05, 3.63) is 94.6 Å². The number of halogens is 3. The molecule has 1 heterocycles. The minimum Gasteiger partial charge on any atom is -0.491 e. The minimum atomic E-state index is -1.78. The molecule has 1 atom stereocenters. The van der Waals surface area contributed by atoms with E-state index in [2.05, 4.69) is 4.90 Å². The molecule has 1 aliphatic heterocycles. The van der Waals surface area contributed by atoms with E-state index in [1.165, 1.54) is 18.2 Å². The topological polar surface area (TPSA) is 93.9 Å². The summed E-state index contributed by atoms with van der Waals surface area (Å²) >= 11 is 0. The molecule has 226 valence electrons. The fourth-order valence-corrected chi connectivity index (χ4v) is 4.98. The lowest BCUT2D eigenvalue weighted by Crippen LogP contribution is -2.45. The number of carboxylic acid groups (broad SMARTS) is 1. The van der Waals surface area contributed by atoms with Crippen molar-refractivity contribution in [2.75, 3.05) is 13.1 Å². The molecule has 1 saturated heterocycles. The normalized spacial score (nSPS) is 18.6. The van der Waals surface area contributed by atoms with Gasteiger partial charge >= 0.3 is 5.97 Å². The van der Waals surface area contributed by atoms with Crippen LogP contribution in [0.1, 0.15) is 74.0 Å². The predicted molar refractivity (Wildman–Crippen MR) is 159 cm³/mol. The van der Waals surface area contributed by atoms with Gasteiger partial charge in [-0.15, -0.1) is 0 Å². The quantitative estimate of drug-likeness (QED) is 0.267. The Morgan fingerprint density at radius 2 is 1.67 bits per heavy atom. The number of benzene rings is 2. The third-order valence-electron chi connectivity index (χ3n) is 7.08. The van der Waals surface area contributed by atoms with Gasteiger partial charge in [0, 0.05) is 31.8 Å². The van der Waals surface area contributed by atoms with Gasteiger partial charge in [-0.25, -0.2) is 18.0 Å². The molecule has 3 N–H and O–H groups in total. The molecule has 1 unspecified atom stereocenters. The van der Waals surface area contributed by atoms with Crippen molar-refractivity contribution >= 4 is 17.3 Å². The number of carboxylic acids is 1. The van der Waals surface area contributed by atoms with Gasteiger partial charge in [0.1, 0.15) is 11.9 Å². The van der Waals surface area contributed by atoms with Crippen LogP contribution in [0.25, 0.3) is 5.57 Å². The van der Waals surface area contributed by atoms with Crippen molar-refractivity contribution in [2.24, 2.45) is 0 Å². The van der Waals surface area contributed by atoms with Crippen molar-refractivity contribution in [3.8, 4) is 5.75 Å². The van der Waals surface area contributed by atoms with E-state index in [1.54, 1.807) is 24.3 Å². The summed E-state index contributed by atoms with van der Waals surface area (Å²) in [4.78, 5) is 13.2. The summed E-state index contributed by atoms with van der Waals surface area (Å²) in [5, 5.41) is 28.7. The average molecular weight is 585 g/mol. The van der Waals surface area contributed by atoms with Crippen molar-refractivity contribution in [2.45, 2.75) is 71.4 Å². The standard InChI is InChI=1S/C31H33F3N2O4.C2H6/c1-19(2)40-25-7-8-26(22-13-24(32)16-28(34)27(33)15-22)23(14-25)18-36-11-9-31(39,10-12-36)17-29(35)20-3-5-21(6-4-20)30(37)38;1-2/h3-8,13-16,19,24,35,39H,9-12,17-18H2,1-2H3,(H,37,38);1-2H3. The summed E-state index contributed by atoms with van der Waals surface area (Å²) in [6.07, 6.45) is 1.84. The largest absolute Gasteiger partial charge is 0.491 e. The first kappa shape index (κ1) is 32.8. The van der Waals surface area contributed by atoms with Crippen molar-refractivity contribution in [3.63, 3.8) is 0 Å². The van der Waals surface area contributed by atoms with Crippen LogP contribution in [-0.2, 0) is 6.54 Å². The molecular weight excluding hydrogens is 545 g/mol. The third-order valence-corrected chi connectivity index (χ3v) is 7.08. The maximum absolute atomic E-state index is 14.3. The second kappa shape index (κ2) is 14.5. The summed E-state index contributed by atoms with van der Waals surface area (Å²) < 4.78 is 48.2. The van der Waals surface area contributed by atoms with Crippen LogP contribution >= 0.6 is 0 Å². The Bertz CT molecular complexity index is 1360. The highest BCUT2D eigenvalue weighted by Crippen LogP contribution is 2.34. The number of allylic oxidation sites excluding steroid dienone is 6. The first-order valence-corrected chi connectivity index (χ1v) is 14.2. The van der Waals surface area contributed by atoms with E-state index in [0.717, 1.165) is 11.6 Å². The number of aromatic carboxylic acids is 1. The number of alkyl halides is 1. The second-order valence-electron chi connectivity index (χ2n) is 10.6. The highest BCUT2D eigenvalue weighted by atomic mass is 19.2. The highest BCUT2D eigenvalue weighted by Gasteiger charge is 2.34. The molecule has 2 aromatic carbocycles. The van der Waals surface area contributed by atoms with Gasteiger partial charge in [0.05, 0.1) is 17.3 Å². The molecule has 9 heteroatoms. The zero-order valence-corrected chi connectivity index (χ0v) is 24.5. The molecule has 1 fully saturated rings. The number of ether oxygens (including phenoxy) is 1. The van der Waals surface area contributed by atoms with Crippen LogP contribution in [0.15, 0.2) is 72.3 Å². The lowest BCUT2D eigenvalue weighted by atomic mass is 9.84. The Kier molecular flexibility index (Phi) is 11.3. The van der Waals surface area contributed by atoms with E-state index in [-0.39, 0.29) is 29.4 Å². The van der Waals surface area contributed by atoms with Crippen molar-refractivity contribution in [1.82, 2.24) is 4.90 Å². The average Bonchev–Trinajstić information content (AvgIpc) is 3.07. The Balaban J connectivity index is 0.00000237. The monoisotopic (exact) mass is 584 g/mol. The molecular formula is C33H39F3N2O4. The number of aliphatic hydroxyl groups is 1. The predicted octanol–water partition coefficient (Wildman–Crippen LogP) is 7.43. The van der Waals surface area contributed by atoms with E-state index in [9.17, 15) is 23.1 Å².